The summed E-state index contributed by atoms with van der Waals surface area (Å²) in [6.45, 7) is 0.662. The Labute approximate surface area is 133 Å². The van der Waals surface area contributed by atoms with Crippen LogP contribution in [-0.4, -0.2) is 28.8 Å². The minimum Gasteiger partial charge on any atom is -0.368 e. The molecule has 0 saturated heterocycles. The van der Waals surface area contributed by atoms with Gasteiger partial charge in [-0.1, -0.05) is 12.1 Å². The van der Waals surface area contributed by atoms with Crippen LogP contribution < -0.4 is 16.0 Å². The lowest BCUT2D eigenvalue weighted by Crippen LogP contribution is -2.30. The molecule has 2 aromatic rings. The van der Waals surface area contributed by atoms with Gasteiger partial charge in [-0.3, -0.25) is 5.32 Å². The minimum absolute atomic E-state index is 0.235. The van der Waals surface area contributed by atoms with E-state index in [-0.39, 0.29) is 11.8 Å². The number of anilines is 2. The lowest BCUT2D eigenvalue weighted by atomic mass is 10.1. The standard InChI is InChI=1S/C16H18FN5O/c17-12-3-1-11(2-4-12)9-10-18-14-7-8-15(22-21-14)20-16(23)19-13-5-6-13/h1-4,7-8,13H,5-6,9-10H2,(H,18,21)(H2,19,20,22,23). The highest BCUT2D eigenvalue weighted by atomic mass is 19.1. The topological polar surface area (TPSA) is 78.9 Å². The zero-order valence-electron chi connectivity index (χ0n) is 12.6. The highest BCUT2D eigenvalue weighted by Gasteiger charge is 2.23. The Hall–Kier alpha value is -2.70. The SMILES string of the molecule is O=C(Nc1ccc(NCCc2ccc(F)cc2)nn1)NC1CC1. The average molecular weight is 315 g/mol. The molecule has 1 aliphatic rings. The number of aromatic nitrogens is 2. The van der Waals surface area contributed by atoms with E-state index in [0.29, 0.717) is 24.2 Å². The van der Waals surface area contributed by atoms with Crippen molar-refractivity contribution in [1.29, 1.82) is 0 Å². The van der Waals surface area contributed by atoms with Crippen LogP contribution in [0.1, 0.15) is 18.4 Å². The number of urea groups is 1. The van der Waals surface area contributed by atoms with Crippen molar-refractivity contribution in [2.24, 2.45) is 0 Å². The van der Waals surface area contributed by atoms with Crippen LogP contribution in [0.15, 0.2) is 36.4 Å². The third-order valence-corrected chi connectivity index (χ3v) is 3.45. The Balaban J connectivity index is 1.43. The molecule has 1 heterocycles. The first-order valence-electron chi connectivity index (χ1n) is 7.58. The highest BCUT2D eigenvalue weighted by Crippen LogP contribution is 2.18. The van der Waals surface area contributed by atoms with Crippen molar-refractivity contribution >= 4 is 17.7 Å². The number of carbonyl (C=O) groups is 1. The number of benzene rings is 1. The monoisotopic (exact) mass is 315 g/mol. The molecule has 23 heavy (non-hydrogen) atoms. The Morgan fingerprint density at radius 1 is 1.09 bits per heavy atom. The van der Waals surface area contributed by atoms with Crippen molar-refractivity contribution < 1.29 is 9.18 Å². The van der Waals surface area contributed by atoms with Crippen LogP contribution in [0.2, 0.25) is 0 Å². The number of hydrogen-bond acceptors (Lipinski definition) is 4. The number of amides is 2. The van der Waals surface area contributed by atoms with Crippen LogP contribution in [0.25, 0.3) is 0 Å². The summed E-state index contributed by atoms with van der Waals surface area (Å²) >= 11 is 0. The first-order valence-corrected chi connectivity index (χ1v) is 7.58. The molecule has 6 nitrogen and oxygen atoms in total. The summed E-state index contributed by atoms with van der Waals surface area (Å²) in [5, 5.41) is 16.5. The summed E-state index contributed by atoms with van der Waals surface area (Å²) in [5.41, 5.74) is 1.04. The molecule has 0 radical (unpaired) electrons. The van der Waals surface area contributed by atoms with Gasteiger partial charge in [0.05, 0.1) is 0 Å². The van der Waals surface area contributed by atoms with E-state index < -0.39 is 0 Å². The van der Waals surface area contributed by atoms with Crippen molar-refractivity contribution in [2.75, 3.05) is 17.2 Å². The van der Waals surface area contributed by atoms with Crippen LogP contribution in [0, 0.1) is 5.82 Å². The van der Waals surface area contributed by atoms with Gasteiger partial charge in [0.2, 0.25) is 0 Å². The molecule has 0 atom stereocenters. The third-order valence-electron chi connectivity index (χ3n) is 3.45. The molecule has 0 spiro atoms. The number of rotatable bonds is 6. The fourth-order valence-corrected chi connectivity index (χ4v) is 2.04. The van der Waals surface area contributed by atoms with Crippen LogP contribution >= 0.6 is 0 Å². The number of nitrogens with one attached hydrogen (secondary N) is 3. The van der Waals surface area contributed by atoms with Crippen molar-refractivity contribution in [3.63, 3.8) is 0 Å². The second-order valence-electron chi connectivity index (χ2n) is 5.48. The summed E-state index contributed by atoms with van der Waals surface area (Å²) in [6.07, 6.45) is 2.83. The first kappa shape index (κ1) is 15.2. The fourth-order valence-electron chi connectivity index (χ4n) is 2.04. The normalized spacial score (nSPS) is 13.4. The van der Waals surface area contributed by atoms with E-state index in [4.69, 9.17) is 0 Å². The van der Waals surface area contributed by atoms with E-state index in [1.165, 1.54) is 12.1 Å². The second-order valence-corrected chi connectivity index (χ2v) is 5.48. The minimum atomic E-state index is -0.251. The Bertz CT molecular complexity index is 655. The van der Waals surface area contributed by atoms with Gasteiger partial charge in [-0.25, -0.2) is 9.18 Å². The predicted molar refractivity (Wildman–Crippen MR) is 85.8 cm³/mol. The van der Waals surface area contributed by atoms with E-state index >= 15 is 0 Å². The van der Waals surface area contributed by atoms with Gasteiger partial charge >= 0.3 is 6.03 Å². The quantitative estimate of drug-likeness (QED) is 0.765. The molecule has 1 saturated carbocycles. The molecule has 7 heteroatoms. The molecule has 0 aliphatic heterocycles. The van der Waals surface area contributed by atoms with E-state index in [2.05, 4.69) is 26.1 Å². The molecule has 1 aromatic carbocycles. The van der Waals surface area contributed by atoms with Crippen LogP contribution in [0.4, 0.5) is 20.8 Å². The summed E-state index contributed by atoms with van der Waals surface area (Å²) in [4.78, 5) is 11.6. The molecule has 3 rings (SSSR count). The molecule has 1 aromatic heterocycles. The maximum atomic E-state index is 12.8. The maximum absolute atomic E-state index is 12.8. The number of hydrogen-bond donors (Lipinski definition) is 3. The summed E-state index contributed by atoms with van der Waals surface area (Å²) in [6, 6.07) is 9.91. The number of halogens is 1. The number of carbonyl (C=O) groups excluding carboxylic acids is 1. The van der Waals surface area contributed by atoms with Gasteiger partial charge in [-0.2, -0.15) is 0 Å². The summed E-state index contributed by atoms with van der Waals surface area (Å²) in [5.74, 6) is 0.800. The van der Waals surface area contributed by atoms with Gasteiger partial charge in [-0.05, 0) is 49.1 Å². The first-order chi connectivity index (χ1) is 11.2. The van der Waals surface area contributed by atoms with Gasteiger partial charge in [0.15, 0.2) is 5.82 Å². The van der Waals surface area contributed by atoms with Crippen molar-refractivity contribution in [3.05, 3.63) is 47.8 Å². The fraction of sp³-hybridized carbons (Fsp3) is 0.312. The number of nitrogens with zero attached hydrogens (tertiary/aromatic N) is 2. The lowest BCUT2D eigenvalue weighted by Gasteiger charge is -2.07. The van der Waals surface area contributed by atoms with E-state index in [1.54, 1.807) is 24.3 Å². The zero-order valence-corrected chi connectivity index (χ0v) is 12.6. The van der Waals surface area contributed by atoms with Crippen LogP contribution in [-0.2, 0) is 6.42 Å². The Morgan fingerprint density at radius 3 is 2.43 bits per heavy atom. The molecule has 3 N–H and O–H groups in total. The molecule has 120 valence electrons. The molecule has 0 unspecified atom stereocenters. The average Bonchev–Trinajstić information content (AvgIpc) is 3.35. The van der Waals surface area contributed by atoms with Crippen molar-refractivity contribution in [2.45, 2.75) is 25.3 Å². The van der Waals surface area contributed by atoms with E-state index in [0.717, 1.165) is 24.8 Å². The maximum Gasteiger partial charge on any atom is 0.320 e. The van der Waals surface area contributed by atoms with Crippen LogP contribution in [0.5, 0.6) is 0 Å². The van der Waals surface area contributed by atoms with Crippen molar-refractivity contribution in [1.82, 2.24) is 15.5 Å². The molecule has 1 aliphatic carbocycles. The van der Waals surface area contributed by atoms with E-state index in [1.807, 2.05) is 0 Å². The Kier molecular flexibility index (Phi) is 4.65. The summed E-state index contributed by atoms with van der Waals surface area (Å²) < 4.78 is 12.8. The molecule has 1 fully saturated rings. The van der Waals surface area contributed by atoms with E-state index in [9.17, 15) is 9.18 Å². The molecular weight excluding hydrogens is 297 g/mol. The Morgan fingerprint density at radius 2 is 1.78 bits per heavy atom. The van der Waals surface area contributed by atoms with Gasteiger partial charge in [-0.15, -0.1) is 10.2 Å². The predicted octanol–water partition coefficient (Wildman–Crippen LogP) is 2.55. The van der Waals surface area contributed by atoms with Gasteiger partial charge in [0.1, 0.15) is 11.6 Å². The smallest absolute Gasteiger partial charge is 0.320 e. The highest BCUT2D eigenvalue weighted by molar-refractivity contribution is 5.88. The largest absolute Gasteiger partial charge is 0.368 e. The van der Waals surface area contributed by atoms with Gasteiger partial charge in [0.25, 0.3) is 0 Å². The summed E-state index contributed by atoms with van der Waals surface area (Å²) in [7, 11) is 0. The second kappa shape index (κ2) is 7.04. The van der Waals surface area contributed by atoms with Crippen LogP contribution in [0.3, 0.4) is 0 Å². The van der Waals surface area contributed by atoms with Crippen molar-refractivity contribution in [3.8, 4) is 0 Å². The molecule has 0 bridgehead atoms. The molecular formula is C16H18FN5O. The molecule has 2 amide bonds. The third kappa shape index (κ3) is 4.91. The lowest BCUT2D eigenvalue weighted by molar-refractivity contribution is 0.251. The van der Waals surface area contributed by atoms with Gasteiger partial charge in [0, 0.05) is 12.6 Å². The van der Waals surface area contributed by atoms with Gasteiger partial charge < -0.3 is 10.6 Å². The zero-order chi connectivity index (χ0) is 16.1.